The predicted octanol–water partition coefficient (Wildman–Crippen LogP) is 1.56. The van der Waals surface area contributed by atoms with Gasteiger partial charge in [0.2, 0.25) is 6.30 Å². The summed E-state index contributed by atoms with van der Waals surface area (Å²) in [6.07, 6.45) is 1.22. The fourth-order valence-corrected chi connectivity index (χ4v) is 0.454. The summed E-state index contributed by atoms with van der Waals surface area (Å²) in [6, 6.07) is 0. The molecule has 0 saturated heterocycles. The minimum absolute atomic E-state index is 0.353. The number of quaternary nitrogens is 1. The van der Waals surface area contributed by atoms with Crippen molar-refractivity contribution < 1.29 is 8.87 Å². The van der Waals surface area contributed by atoms with Crippen molar-refractivity contribution in [3.63, 3.8) is 0 Å². The molecule has 0 aliphatic carbocycles. The van der Waals surface area contributed by atoms with Gasteiger partial charge in [-0.15, -0.1) is 6.58 Å². The summed E-state index contributed by atoms with van der Waals surface area (Å²) in [5.41, 5.74) is 0. The normalized spacial score (nSPS) is 15.1. The Kier molecular flexibility index (Phi) is 2.85. The molecule has 9 heavy (non-hydrogen) atoms. The molecule has 0 aromatic heterocycles. The lowest BCUT2D eigenvalue weighted by molar-refractivity contribution is -0.910. The van der Waals surface area contributed by atoms with Gasteiger partial charge in [-0.2, -0.15) is 4.39 Å². The van der Waals surface area contributed by atoms with E-state index in [1.165, 1.54) is 0 Å². The summed E-state index contributed by atoms with van der Waals surface area (Å²) in [6.45, 7) is 3.46. The first kappa shape index (κ1) is 8.63. The van der Waals surface area contributed by atoms with Crippen molar-refractivity contribution in [3.8, 4) is 0 Å². The highest BCUT2D eigenvalue weighted by atomic mass is 19.1. The van der Waals surface area contributed by atoms with Crippen LogP contribution >= 0.6 is 0 Å². The van der Waals surface area contributed by atoms with Gasteiger partial charge in [0.05, 0.1) is 21.1 Å². The molecule has 0 radical (unpaired) electrons. The summed E-state index contributed by atoms with van der Waals surface area (Å²) in [7, 11) is 5.48. The molecule has 2 heteroatoms. The van der Waals surface area contributed by atoms with Crippen LogP contribution in [-0.4, -0.2) is 31.9 Å². The van der Waals surface area contributed by atoms with E-state index < -0.39 is 6.30 Å². The lowest BCUT2D eigenvalue weighted by Crippen LogP contribution is -2.41. The van der Waals surface area contributed by atoms with Crippen LogP contribution in [0.15, 0.2) is 12.7 Å². The Hall–Kier alpha value is -0.370. The molecule has 1 atom stereocenters. The first-order valence-electron chi connectivity index (χ1n) is 3.04. The third-order valence-electron chi connectivity index (χ3n) is 1.20. The minimum Gasteiger partial charge on any atom is -0.302 e. The number of rotatable bonds is 3. The van der Waals surface area contributed by atoms with Crippen molar-refractivity contribution in [3.05, 3.63) is 12.7 Å². The summed E-state index contributed by atoms with van der Waals surface area (Å²) in [5.74, 6) is 0. The molecule has 0 heterocycles. The molecule has 0 rings (SSSR count). The maximum atomic E-state index is 12.8. The lowest BCUT2D eigenvalue weighted by atomic mass is 10.3. The third kappa shape index (κ3) is 3.25. The zero-order valence-electron chi connectivity index (χ0n) is 6.39. The van der Waals surface area contributed by atoms with E-state index in [2.05, 4.69) is 6.58 Å². The molecule has 1 unspecified atom stereocenters. The van der Waals surface area contributed by atoms with E-state index in [0.29, 0.717) is 10.9 Å². The van der Waals surface area contributed by atoms with Gasteiger partial charge in [-0.3, -0.25) is 0 Å². The summed E-state index contributed by atoms with van der Waals surface area (Å²) in [4.78, 5) is 0. The largest absolute Gasteiger partial charge is 0.302 e. The van der Waals surface area contributed by atoms with Gasteiger partial charge in [-0.1, -0.05) is 6.08 Å². The fraction of sp³-hybridized carbons (Fsp3) is 0.714. The molecule has 1 nitrogen and oxygen atoms in total. The van der Waals surface area contributed by atoms with Crippen molar-refractivity contribution in [2.75, 3.05) is 21.1 Å². The summed E-state index contributed by atoms with van der Waals surface area (Å²) in [5, 5.41) is 0. The second kappa shape index (κ2) is 2.97. The molecule has 0 saturated carbocycles. The van der Waals surface area contributed by atoms with E-state index in [1.54, 1.807) is 6.08 Å². The number of nitrogens with zero attached hydrogens (tertiary/aromatic N) is 1. The number of hydrogen-bond donors (Lipinski definition) is 0. The number of alkyl halides is 1. The highest BCUT2D eigenvalue weighted by molar-refractivity contribution is 4.67. The predicted molar refractivity (Wildman–Crippen MR) is 37.7 cm³/mol. The van der Waals surface area contributed by atoms with E-state index in [-0.39, 0.29) is 0 Å². The Balaban J connectivity index is 3.72. The quantitative estimate of drug-likeness (QED) is 0.310. The van der Waals surface area contributed by atoms with Gasteiger partial charge in [0.15, 0.2) is 0 Å². The second-order valence-electron chi connectivity index (χ2n) is 3.08. The van der Waals surface area contributed by atoms with Crippen LogP contribution in [0.4, 0.5) is 4.39 Å². The minimum atomic E-state index is -0.817. The smallest absolute Gasteiger partial charge is 0.234 e. The van der Waals surface area contributed by atoms with Crippen LogP contribution in [0.5, 0.6) is 0 Å². The van der Waals surface area contributed by atoms with Gasteiger partial charge < -0.3 is 4.48 Å². The Bertz CT molecular complexity index is 93.6. The van der Waals surface area contributed by atoms with Crippen LogP contribution in [-0.2, 0) is 0 Å². The maximum absolute atomic E-state index is 12.8. The molecule has 0 aromatic rings. The Morgan fingerprint density at radius 3 is 2.11 bits per heavy atom. The Morgan fingerprint density at radius 1 is 1.56 bits per heavy atom. The average Bonchev–Trinajstić information content (AvgIpc) is 1.64. The highest BCUT2D eigenvalue weighted by Gasteiger charge is 2.19. The van der Waals surface area contributed by atoms with Gasteiger partial charge >= 0.3 is 0 Å². The second-order valence-corrected chi connectivity index (χ2v) is 3.08. The fourth-order valence-electron chi connectivity index (χ4n) is 0.454. The summed E-state index contributed by atoms with van der Waals surface area (Å²) < 4.78 is 13.2. The zero-order valence-corrected chi connectivity index (χ0v) is 6.39. The number of halogens is 1. The van der Waals surface area contributed by atoms with Crippen molar-refractivity contribution >= 4 is 0 Å². The molecule has 0 aromatic carbocycles. The monoisotopic (exact) mass is 132 g/mol. The SMILES string of the molecule is C=CCC(F)[N+](C)(C)C. The van der Waals surface area contributed by atoms with Crippen LogP contribution in [0.1, 0.15) is 6.42 Å². The van der Waals surface area contributed by atoms with E-state index in [0.717, 1.165) is 0 Å². The third-order valence-corrected chi connectivity index (χ3v) is 1.20. The summed E-state index contributed by atoms with van der Waals surface area (Å²) >= 11 is 0. The topological polar surface area (TPSA) is 0 Å². The molecule has 0 aliphatic heterocycles. The first-order valence-corrected chi connectivity index (χ1v) is 3.04. The Labute approximate surface area is 56.4 Å². The van der Waals surface area contributed by atoms with Gasteiger partial charge in [0.25, 0.3) is 0 Å². The lowest BCUT2D eigenvalue weighted by Gasteiger charge is -2.27. The van der Waals surface area contributed by atoms with Crippen LogP contribution in [0.2, 0.25) is 0 Å². The van der Waals surface area contributed by atoms with Crippen molar-refractivity contribution in [1.82, 2.24) is 0 Å². The van der Waals surface area contributed by atoms with E-state index in [4.69, 9.17) is 0 Å². The van der Waals surface area contributed by atoms with Crippen molar-refractivity contribution in [1.29, 1.82) is 0 Å². The molecular formula is C7H15FN+. The van der Waals surface area contributed by atoms with Crippen LogP contribution in [0.25, 0.3) is 0 Å². The molecular weight excluding hydrogens is 117 g/mol. The van der Waals surface area contributed by atoms with E-state index in [9.17, 15) is 4.39 Å². The zero-order chi connectivity index (χ0) is 7.49. The van der Waals surface area contributed by atoms with Crippen molar-refractivity contribution in [2.45, 2.75) is 12.7 Å². The van der Waals surface area contributed by atoms with E-state index >= 15 is 0 Å². The van der Waals surface area contributed by atoms with Crippen LogP contribution in [0.3, 0.4) is 0 Å². The average molecular weight is 132 g/mol. The molecule has 0 amide bonds. The first-order chi connectivity index (χ1) is 3.98. The van der Waals surface area contributed by atoms with Gasteiger partial charge in [-0.25, -0.2) is 0 Å². The molecule has 0 fully saturated rings. The Morgan fingerprint density at radius 2 is 2.00 bits per heavy atom. The van der Waals surface area contributed by atoms with E-state index in [1.807, 2.05) is 21.1 Å². The standard InChI is InChI=1S/C7H15FN/c1-5-6-7(8)9(2,3)4/h5,7H,1,6H2,2-4H3/q+1. The van der Waals surface area contributed by atoms with Crippen LogP contribution in [0, 0.1) is 0 Å². The van der Waals surface area contributed by atoms with Crippen LogP contribution < -0.4 is 0 Å². The van der Waals surface area contributed by atoms with Crippen molar-refractivity contribution in [2.24, 2.45) is 0 Å². The molecule has 54 valence electrons. The molecule has 0 bridgehead atoms. The van der Waals surface area contributed by atoms with Gasteiger partial charge in [0.1, 0.15) is 0 Å². The van der Waals surface area contributed by atoms with Gasteiger partial charge in [0, 0.05) is 6.42 Å². The maximum Gasteiger partial charge on any atom is 0.234 e. The molecule has 0 aliphatic rings. The number of hydrogen-bond acceptors (Lipinski definition) is 0. The van der Waals surface area contributed by atoms with Gasteiger partial charge in [-0.05, 0) is 0 Å². The highest BCUT2D eigenvalue weighted by Crippen LogP contribution is 2.08. The molecule has 0 spiro atoms. The molecule has 0 N–H and O–H groups in total.